The average molecular weight is 393 g/mol. The van der Waals surface area contributed by atoms with E-state index in [0.29, 0.717) is 6.04 Å². The van der Waals surface area contributed by atoms with Crippen LogP contribution in [0, 0.1) is 20.2 Å². The van der Waals surface area contributed by atoms with Crippen LogP contribution in [0.15, 0.2) is 58.3 Å². The van der Waals surface area contributed by atoms with Crippen molar-refractivity contribution in [1.29, 1.82) is 0 Å². The molecule has 0 unspecified atom stereocenters. The van der Waals surface area contributed by atoms with Crippen LogP contribution in [0.25, 0.3) is 0 Å². The van der Waals surface area contributed by atoms with Crippen molar-refractivity contribution < 1.29 is 9.85 Å². The molecule has 26 heavy (non-hydrogen) atoms. The van der Waals surface area contributed by atoms with Crippen LogP contribution in [0.4, 0.5) is 11.4 Å². The lowest BCUT2D eigenvalue weighted by Crippen LogP contribution is -2.30. The molecule has 2 rings (SSSR count). The van der Waals surface area contributed by atoms with Gasteiger partial charge in [-0.2, -0.15) is 0 Å². The molecular weight excluding hydrogens is 374 g/mol. The van der Waals surface area contributed by atoms with Gasteiger partial charge < -0.3 is 0 Å². The Morgan fingerprint density at radius 2 is 1.15 bits per heavy atom. The molecule has 0 atom stereocenters. The topological polar surface area (TPSA) is 89.5 Å². The van der Waals surface area contributed by atoms with Crippen molar-refractivity contribution in [2.24, 2.45) is 0 Å². The number of nitro groups is 2. The van der Waals surface area contributed by atoms with Gasteiger partial charge in [0.25, 0.3) is 11.4 Å². The van der Waals surface area contributed by atoms with E-state index in [1.54, 1.807) is 47.8 Å². The standard InChI is InChI=1S/C17H19N3O4S2/c1-13(2)18(11-25-16-7-3-14(4-8-16)19(21)22)12-26-17-9-5-15(6-10-17)20(23)24/h3-10,13H,11-12H2,1-2H3. The zero-order chi connectivity index (χ0) is 19.1. The van der Waals surface area contributed by atoms with Crippen molar-refractivity contribution in [3.8, 4) is 0 Å². The van der Waals surface area contributed by atoms with E-state index in [-0.39, 0.29) is 11.4 Å². The smallest absolute Gasteiger partial charge is 0.269 e. The third kappa shape index (κ3) is 6.01. The lowest BCUT2D eigenvalue weighted by molar-refractivity contribution is -0.385. The van der Waals surface area contributed by atoms with Crippen LogP contribution in [0.2, 0.25) is 0 Å². The summed E-state index contributed by atoms with van der Waals surface area (Å²) in [7, 11) is 0. The largest absolute Gasteiger partial charge is 0.282 e. The second kappa shape index (κ2) is 9.56. The van der Waals surface area contributed by atoms with Gasteiger partial charge in [-0.05, 0) is 38.1 Å². The van der Waals surface area contributed by atoms with Crippen LogP contribution in [0.1, 0.15) is 13.8 Å². The van der Waals surface area contributed by atoms with Crippen LogP contribution in [-0.2, 0) is 0 Å². The first-order chi connectivity index (χ1) is 12.4. The molecule has 0 heterocycles. The summed E-state index contributed by atoms with van der Waals surface area (Å²) in [5.41, 5.74) is 0.174. The molecule has 7 nitrogen and oxygen atoms in total. The van der Waals surface area contributed by atoms with Crippen molar-refractivity contribution in [2.45, 2.75) is 29.7 Å². The van der Waals surface area contributed by atoms with Gasteiger partial charge in [-0.3, -0.25) is 25.1 Å². The molecule has 0 saturated heterocycles. The zero-order valence-corrected chi connectivity index (χ0v) is 16.0. The van der Waals surface area contributed by atoms with Gasteiger partial charge in [0.05, 0.1) is 21.6 Å². The van der Waals surface area contributed by atoms with Crippen LogP contribution in [-0.4, -0.2) is 32.5 Å². The molecule has 9 heteroatoms. The Morgan fingerprint density at radius 3 is 1.42 bits per heavy atom. The molecule has 0 fully saturated rings. The molecule has 0 aliphatic heterocycles. The number of nitro benzene ring substituents is 2. The Morgan fingerprint density at radius 1 is 0.808 bits per heavy atom. The second-order valence-corrected chi connectivity index (χ2v) is 7.77. The Hall–Kier alpha value is -2.10. The summed E-state index contributed by atoms with van der Waals surface area (Å²) < 4.78 is 0. The molecule has 0 aliphatic rings. The normalized spacial score (nSPS) is 11.1. The fourth-order valence-corrected chi connectivity index (χ4v) is 4.16. The zero-order valence-electron chi connectivity index (χ0n) is 14.4. The van der Waals surface area contributed by atoms with E-state index in [1.165, 1.54) is 24.3 Å². The van der Waals surface area contributed by atoms with Gasteiger partial charge in [0, 0.05) is 40.1 Å². The molecule has 2 aromatic rings. The monoisotopic (exact) mass is 393 g/mol. The Labute approximate surface area is 160 Å². The molecule has 0 radical (unpaired) electrons. The highest BCUT2D eigenvalue weighted by Crippen LogP contribution is 2.26. The molecule has 0 saturated carbocycles. The van der Waals surface area contributed by atoms with Gasteiger partial charge in [0.1, 0.15) is 0 Å². The van der Waals surface area contributed by atoms with Crippen molar-refractivity contribution in [2.75, 3.05) is 11.8 Å². The Kier molecular flexibility index (Phi) is 7.43. The highest BCUT2D eigenvalue weighted by Gasteiger charge is 2.12. The van der Waals surface area contributed by atoms with E-state index in [9.17, 15) is 20.2 Å². The average Bonchev–Trinajstić information content (AvgIpc) is 2.62. The van der Waals surface area contributed by atoms with Crippen molar-refractivity contribution in [1.82, 2.24) is 4.90 Å². The predicted octanol–water partition coefficient (Wildman–Crippen LogP) is 5.01. The summed E-state index contributed by atoms with van der Waals surface area (Å²) in [6.07, 6.45) is 0. The van der Waals surface area contributed by atoms with E-state index >= 15 is 0 Å². The van der Waals surface area contributed by atoms with E-state index in [4.69, 9.17) is 0 Å². The van der Waals surface area contributed by atoms with Gasteiger partial charge in [0.15, 0.2) is 0 Å². The predicted molar refractivity (Wildman–Crippen MR) is 105 cm³/mol. The molecule has 0 bridgehead atoms. The van der Waals surface area contributed by atoms with Gasteiger partial charge in [0.2, 0.25) is 0 Å². The van der Waals surface area contributed by atoms with E-state index in [1.807, 2.05) is 0 Å². The first kappa shape index (κ1) is 20.2. The number of benzene rings is 2. The minimum atomic E-state index is -0.407. The number of nitrogens with zero attached hydrogens (tertiary/aromatic N) is 3. The molecule has 0 spiro atoms. The minimum Gasteiger partial charge on any atom is -0.282 e. The van der Waals surface area contributed by atoms with Crippen LogP contribution < -0.4 is 0 Å². The first-order valence-corrected chi connectivity index (χ1v) is 9.82. The third-order valence-corrected chi connectivity index (χ3v) is 5.75. The van der Waals surface area contributed by atoms with Crippen LogP contribution in [0.3, 0.4) is 0 Å². The van der Waals surface area contributed by atoms with Crippen molar-refractivity contribution >= 4 is 34.9 Å². The van der Waals surface area contributed by atoms with Gasteiger partial charge in [-0.15, -0.1) is 23.5 Å². The number of rotatable bonds is 9. The van der Waals surface area contributed by atoms with E-state index in [2.05, 4.69) is 18.7 Å². The second-order valence-electron chi connectivity index (χ2n) is 5.73. The fraction of sp³-hybridized carbons (Fsp3) is 0.294. The summed E-state index contributed by atoms with van der Waals surface area (Å²) in [4.78, 5) is 24.8. The van der Waals surface area contributed by atoms with Crippen molar-refractivity contribution in [3.63, 3.8) is 0 Å². The SMILES string of the molecule is CC(C)N(CSc1ccc([N+](=O)[O-])cc1)CSc1ccc([N+](=O)[O-])cc1. The van der Waals surface area contributed by atoms with Crippen molar-refractivity contribution in [3.05, 3.63) is 68.8 Å². The van der Waals surface area contributed by atoms with E-state index < -0.39 is 9.85 Å². The first-order valence-electron chi connectivity index (χ1n) is 7.85. The molecule has 138 valence electrons. The Bertz CT molecular complexity index is 690. The number of hydrogen-bond donors (Lipinski definition) is 0. The molecule has 0 N–H and O–H groups in total. The maximum absolute atomic E-state index is 10.7. The molecule has 0 aromatic heterocycles. The third-order valence-electron chi connectivity index (χ3n) is 3.62. The van der Waals surface area contributed by atoms with E-state index in [0.717, 1.165) is 21.5 Å². The molecule has 2 aromatic carbocycles. The highest BCUT2D eigenvalue weighted by molar-refractivity contribution is 8.00. The summed E-state index contributed by atoms with van der Waals surface area (Å²) in [6.45, 7) is 4.21. The Balaban J connectivity index is 1.89. The van der Waals surface area contributed by atoms with Gasteiger partial charge in [-0.1, -0.05) is 0 Å². The van der Waals surface area contributed by atoms with Crippen LogP contribution in [0.5, 0.6) is 0 Å². The number of non-ortho nitro benzene ring substituents is 2. The number of thioether (sulfide) groups is 2. The highest BCUT2D eigenvalue weighted by atomic mass is 32.2. The lowest BCUT2D eigenvalue weighted by atomic mass is 10.3. The maximum Gasteiger partial charge on any atom is 0.269 e. The molecular formula is C17H19N3O4S2. The van der Waals surface area contributed by atoms with Gasteiger partial charge >= 0.3 is 0 Å². The number of hydrogen-bond acceptors (Lipinski definition) is 7. The fourth-order valence-electron chi connectivity index (χ4n) is 1.98. The summed E-state index contributed by atoms with van der Waals surface area (Å²) >= 11 is 3.24. The quantitative estimate of drug-likeness (QED) is 0.256. The summed E-state index contributed by atoms with van der Waals surface area (Å²) in [5.74, 6) is 1.49. The summed E-state index contributed by atoms with van der Waals surface area (Å²) in [5, 5.41) is 21.4. The maximum atomic E-state index is 10.7. The summed E-state index contributed by atoms with van der Waals surface area (Å²) in [6, 6.07) is 13.4. The van der Waals surface area contributed by atoms with Crippen LogP contribution >= 0.6 is 23.5 Å². The lowest BCUT2D eigenvalue weighted by Gasteiger charge is -2.25. The molecule has 0 amide bonds. The minimum absolute atomic E-state index is 0.0868. The molecule has 0 aliphatic carbocycles. The van der Waals surface area contributed by atoms with Gasteiger partial charge in [-0.25, -0.2) is 0 Å².